The number of carbonyl (C=O) groups is 1. The van der Waals surface area contributed by atoms with Gasteiger partial charge in [-0.25, -0.2) is 0 Å². The summed E-state index contributed by atoms with van der Waals surface area (Å²) >= 11 is 0. The van der Waals surface area contributed by atoms with Gasteiger partial charge in [-0.2, -0.15) is 0 Å². The van der Waals surface area contributed by atoms with Crippen molar-refractivity contribution in [2.45, 2.75) is 63.6 Å². The first-order valence-corrected chi connectivity index (χ1v) is 8.58. The maximum absolute atomic E-state index is 11.9. The Bertz CT molecular complexity index is 498. The summed E-state index contributed by atoms with van der Waals surface area (Å²) in [4.78, 5) is 11.9. The van der Waals surface area contributed by atoms with E-state index in [1.165, 1.54) is 31.2 Å². The lowest BCUT2D eigenvalue weighted by molar-refractivity contribution is -0.122. The number of rotatable bonds is 5. The van der Waals surface area contributed by atoms with Crippen molar-refractivity contribution in [3.63, 3.8) is 0 Å². The summed E-state index contributed by atoms with van der Waals surface area (Å²) < 4.78 is 6.04. The van der Waals surface area contributed by atoms with Crippen LogP contribution in [0.5, 0.6) is 5.75 Å². The van der Waals surface area contributed by atoms with E-state index >= 15 is 0 Å². The molecule has 4 nitrogen and oxygen atoms in total. The molecule has 1 saturated carbocycles. The molecular formula is C18H26N2O2. The molecule has 1 saturated heterocycles. The lowest BCUT2D eigenvalue weighted by Crippen LogP contribution is -2.42. The summed E-state index contributed by atoms with van der Waals surface area (Å²) in [5.74, 6) is 1.09. The second kappa shape index (κ2) is 7.63. The molecule has 2 N–H and O–H groups in total. The summed E-state index contributed by atoms with van der Waals surface area (Å²) in [7, 11) is 0. The van der Waals surface area contributed by atoms with Crippen molar-refractivity contribution < 1.29 is 9.53 Å². The van der Waals surface area contributed by atoms with Crippen LogP contribution in [-0.2, 0) is 11.3 Å². The quantitative estimate of drug-likeness (QED) is 0.879. The minimum absolute atomic E-state index is 0.0677. The second-order valence-corrected chi connectivity index (χ2v) is 6.39. The fourth-order valence-corrected chi connectivity index (χ4v) is 3.30. The summed E-state index contributed by atoms with van der Waals surface area (Å²) in [5, 5.41) is 6.35. The van der Waals surface area contributed by atoms with Gasteiger partial charge in [0.15, 0.2) is 0 Å². The van der Waals surface area contributed by atoms with Gasteiger partial charge in [-0.15, -0.1) is 0 Å². The molecule has 2 aliphatic rings. The number of carbonyl (C=O) groups excluding carboxylic acids is 1. The van der Waals surface area contributed by atoms with Gasteiger partial charge in [0.05, 0.1) is 12.1 Å². The molecule has 4 heteroatoms. The van der Waals surface area contributed by atoms with Crippen LogP contribution in [0.3, 0.4) is 0 Å². The summed E-state index contributed by atoms with van der Waals surface area (Å²) in [6.07, 6.45) is 8.39. The van der Waals surface area contributed by atoms with E-state index in [0.29, 0.717) is 12.6 Å². The van der Waals surface area contributed by atoms with Crippen molar-refractivity contribution in [3.05, 3.63) is 29.8 Å². The SMILES string of the molecule is O=C1NCCCC[C@@H]1NCc1cccc(OC2CCCC2)c1. The van der Waals surface area contributed by atoms with Crippen LogP contribution in [0.1, 0.15) is 50.5 Å². The number of amides is 1. The maximum Gasteiger partial charge on any atom is 0.237 e. The fraction of sp³-hybridized carbons (Fsp3) is 0.611. The molecule has 3 rings (SSSR count). The monoisotopic (exact) mass is 302 g/mol. The highest BCUT2D eigenvalue weighted by Crippen LogP contribution is 2.24. The average Bonchev–Trinajstić information content (AvgIpc) is 2.94. The van der Waals surface area contributed by atoms with Crippen LogP contribution in [0.15, 0.2) is 24.3 Å². The van der Waals surface area contributed by atoms with Crippen LogP contribution in [0.2, 0.25) is 0 Å². The zero-order valence-corrected chi connectivity index (χ0v) is 13.1. The number of benzene rings is 1. The Morgan fingerprint density at radius 3 is 2.82 bits per heavy atom. The van der Waals surface area contributed by atoms with Crippen LogP contribution in [-0.4, -0.2) is 24.6 Å². The standard InChI is InChI=1S/C18H26N2O2/c21-18-17(10-3-4-11-19-18)20-13-14-6-5-9-16(12-14)22-15-7-1-2-8-15/h5-6,9,12,15,17,20H,1-4,7-8,10-11,13H2,(H,19,21)/t17-/m0/s1. The van der Waals surface area contributed by atoms with Gasteiger partial charge in [0.1, 0.15) is 5.75 Å². The van der Waals surface area contributed by atoms with Gasteiger partial charge in [0, 0.05) is 13.1 Å². The first kappa shape index (κ1) is 15.3. The van der Waals surface area contributed by atoms with Crippen molar-refractivity contribution >= 4 is 5.91 Å². The van der Waals surface area contributed by atoms with Crippen molar-refractivity contribution in [3.8, 4) is 5.75 Å². The smallest absolute Gasteiger partial charge is 0.237 e. The van der Waals surface area contributed by atoms with Crippen molar-refractivity contribution in [2.75, 3.05) is 6.54 Å². The van der Waals surface area contributed by atoms with Crippen molar-refractivity contribution in [1.29, 1.82) is 0 Å². The van der Waals surface area contributed by atoms with Crippen molar-refractivity contribution in [2.24, 2.45) is 0 Å². The van der Waals surface area contributed by atoms with E-state index in [-0.39, 0.29) is 11.9 Å². The predicted molar refractivity (Wildman–Crippen MR) is 86.8 cm³/mol. The molecule has 1 heterocycles. The third-order valence-electron chi connectivity index (χ3n) is 4.59. The molecular weight excluding hydrogens is 276 g/mol. The number of ether oxygens (including phenoxy) is 1. The topological polar surface area (TPSA) is 50.4 Å². The molecule has 0 spiro atoms. The first-order valence-electron chi connectivity index (χ1n) is 8.58. The molecule has 1 amide bonds. The molecule has 22 heavy (non-hydrogen) atoms. The Morgan fingerprint density at radius 2 is 1.95 bits per heavy atom. The van der Waals surface area contributed by atoms with E-state index in [1.807, 2.05) is 12.1 Å². The molecule has 0 aromatic heterocycles. The van der Waals surface area contributed by atoms with E-state index in [9.17, 15) is 4.79 Å². The van der Waals surface area contributed by atoms with Crippen LogP contribution in [0.25, 0.3) is 0 Å². The Labute approximate surface area is 132 Å². The Morgan fingerprint density at radius 1 is 1.14 bits per heavy atom. The molecule has 1 aliphatic heterocycles. The van der Waals surface area contributed by atoms with Crippen molar-refractivity contribution in [1.82, 2.24) is 10.6 Å². The number of nitrogens with one attached hydrogen (secondary N) is 2. The molecule has 1 aliphatic carbocycles. The largest absolute Gasteiger partial charge is 0.490 e. The fourth-order valence-electron chi connectivity index (χ4n) is 3.30. The predicted octanol–water partition coefficient (Wildman–Crippen LogP) is 2.77. The van der Waals surface area contributed by atoms with E-state index in [2.05, 4.69) is 22.8 Å². The van der Waals surface area contributed by atoms with E-state index in [1.54, 1.807) is 0 Å². The Hall–Kier alpha value is -1.55. The minimum Gasteiger partial charge on any atom is -0.490 e. The molecule has 120 valence electrons. The third kappa shape index (κ3) is 4.23. The number of hydrogen-bond acceptors (Lipinski definition) is 3. The summed E-state index contributed by atoms with van der Waals surface area (Å²) in [5.41, 5.74) is 1.17. The third-order valence-corrected chi connectivity index (χ3v) is 4.59. The van der Waals surface area contributed by atoms with Crippen LogP contribution in [0, 0.1) is 0 Å². The Kier molecular flexibility index (Phi) is 5.33. The highest BCUT2D eigenvalue weighted by molar-refractivity contribution is 5.81. The average molecular weight is 302 g/mol. The second-order valence-electron chi connectivity index (χ2n) is 6.39. The van der Waals surface area contributed by atoms with Gasteiger partial charge in [-0.1, -0.05) is 12.1 Å². The molecule has 0 unspecified atom stereocenters. The number of hydrogen-bond donors (Lipinski definition) is 2. The van der Waals surface area contributed by atoms with E-state index in [4.69, 9.17) is 4.74 Å². The van der Waals surface area contributed by atoms with Crippen LogP contribution < -0.4 is 15.4 Å². The Balaban J connectivity index is 1.54. The lowest BCUT2D eigenvalue weighted by Gasteiger charge is -2.16. The molecule has 0 bridgehead atoms. The lowest BCUT2D eigenvalue weighted by atomic mass is 10.1. The minimum atomic E-state index is -0.0677. The highest BCUT2D eigenvalue weighted by Gasteiger charge is 2.20. The van der Waals surface area contributed by atoms with Gasteiger partial charge < -0.3 is 15.4 Å². The molecule has 1 atom stereocenters. The van der Waals surface area contributed by atoms with Crippen LogP contribution in [0.4, 0.5) is 0 Å². The highest BCUT2D eigenvalue weighted by atomic mass is 16.5. The maximum atomic E-state index is 11.9. The zero-order valence-electron chi connectivity index (χ0n) is 13.1. The van der Waals surface area contributed by atoms with Gasteiger partial charge >= 0.3 is 0 Å². The molecule has 2 fully saturated rings. The molecule has 1 aromatic rings. The van der Waals surface area contributed by atoms with Gasteiger partial charge in [0.25, 0.3) is 0 Å². The summed E-state index contributed by atoms with van der Waals surface area (Å²) in [6, 6.07) is 8.18. The normalized spacial score (nSPS) is 23.1. The summed E-state index contributed by atoms with van der Waals surface area (Å²) in [6.45, 7) is 1.52. The van der Waals surface area contributed by atoms with E-state index in [0.717, 1.165) is 31.6 Å². The molecule has 0 radical (unpaired) electrons. The van der Waals surface area contributed by atoms with Gasteiger partial charge in [-0.05, 0) is 62.6 Å². The van der Waals surface area contributed by atoms with E-state index < -0.39 is 0 Å². The van der Waals surface area contributed by atoms with Gasteiger partial charge in [-0.3, -0.25) is 4.79 Å². The van der Waals surface area contributed by atoms with Crippen LogP contribution >= 0.6 is 0 Å². The zero-order chi connectivity index (χ0) is 15.2. The molecule has 1 aromatic carbocycles. The first-order chi connectivity index (χ1) is 10.8. The van der Waals surface area contributed by atoms with Gasteiger partial charge in [0.2, 0.25) is 5.91 Å².